The molecule has 3 aromatic carbocycles. The molecule has 0 bridgehead atoms. The number of ether oxygens (including phenoxy) is 2. The molecule has 0 saturated carbocycles. The van der Waals surface area contributed by atoms with Crippen LogP contribution in [0.1, 0.15) is 49.9 Å². The maximum absolute atomic E-state index is 13.9. The Bertz CT molecular complexity index is 1620. The van der Waals surface area contributed by atoms with Gasteiger partial charge in [0.2, 0.25) is 18.6 Å². The third-order valence-electron chi connectivity index (χ3n) is 9.27. The van der Waals surface area contributed by atoms with Gasteiger partial charge < -0.3 is 35.2 Å². The summed E-state index contributed by atoms with van der Waals surface area (Å²) in [5, 5.41) is 29.1. The van der Waals surface area contributed by atoms with E-state index in [0.29, 0.717) is 49.0 Å². The van der Waals surface area contributed by atoms with E-state index in [2.05, 4.69) is 15.5 Å². The van der Waals surface area contributed by atoms with E-state index < -0.39 is 35.7 Å². The van der Waals surface area contributed by atoms with Gasteiger partial charge in [0.15, 0.2) is 11.5 Å². The number of carbonyl (C=O) groups is 2. The van der Waals surface area contributed by atoms with Crippen LogP contribution in [0.4, 0.5) is 5.69 Å². The maximum atomic E-state index is 13.9. The molecule has 6 rings (SSSR count). The van der Waals surface area contributed by atoms with Gasteiger partial charge in [-0.15, -0.1) is 0 Å². The lowest BCUT2D eigenvalue weighted by Gasteiger charge is -2.43. The summed E-state index contributed by atoms with van der Waals surface area (Å²) in [6, 6.07) is 20.0. The lowest BCUT2D eigenvalue weighted by Crippen LogP contribution is -2.62. The van der Waals surface area contributed by atoms with Gasteiger partial charge in [0.05, 0.1) is 29.0 Å². The zero-order chi connectivity index (χ0) is 34.0. The summed E-state index contributed by atoms with van der Waals surface area (Å²) in [4.78, 5) is 31.7. The number of aliphatic hydroxyl groups is 2. The minimum Gasteiger partial charge on any atom is -0.454 e. The van der Waals surface area contributed by atoms with E-state index in [-0.39, 0.29) is 31.6 Å². The van der Waals surface area contributed by atoms with Gasteiger partial charge in [0.1, 0.15) is 6.04 Å². The molecular formula is C37H45ClN4O6. The van der Waals surface area contributed by atoms with Crippen LogP contribution in [0.25, 0.3) is 0 Å². The van der Waals surface area contributed by atoms with E-state index in [9.17, 15) is 19.8 Å². The van der Waals surface area contributed by atoms with Crippen molar-refractivity contribution in [2.24, 2.45) is 5.92 Å². The molecule has 1 aliphatic carbocycles. The largest absolute Gasteiger partial charge is 0.454 e. The number of anilines is 1. The topological polar surface area (TPSA) is 124 Å². The lowest BCUT2D eigenvalue weighted by atomic mass is 9.91. The second-order valence-corrected chi connectivity index (χ2v) is 14.5. The van der Waals surface area contributed by atoms with Crippen LogP contribution in [0.2, 0.25) is 5.02 Å². The first-order chi connectivity index (χ1) is 22.9. The highest BCUT2D eigenvalue weighted by molar-refractivity contribution is 6.33. The number of benzene rings is 3. The van der Waals surface area contributed by atoms with Crippen LogP contribution in [-0.4, -0.2) is 83.7 Å². The lowest BCUT2D eigenvalue weighted by molar-refractivity contribution is -0.130. The summed E-state index contributed by atoms with van der Waals surface area (Å²) in [6.07, 6.45) is -0.513. The molecule has 2 amide bonds. The summed E-state index contributed by atoms with van der Waals surface area (Å²) in [5.74, 6) is 0.275. The second kappa shape index (κ2) is 14.3. The zero-order valence-electron chi connectivity index (χ0n) is 27.7. The van der Waals surface area contributed by atoms with Crippen LogP contribution in [-0.2, 0) is 22.4 Å². The maximum Gasteiger partial charge on any atom is 0.239 e. The van der Waals surface area contributed by atoms with E-state index in [1.807, 2.05) is 86.3 Å². The summed E-state index contributed by atoms with van der Waals surface area (Å²) in [6.45, 7) is 7.56. The molecule has 5 atom stereocenters. The van der Waals surface area contributed by atoms with Gasteiger partial charge in [0.25, 0.3) is 0 Å². The van der Waals surface area contributed by atoms with Crippen LogP contribution in [0, 0.1) is 5.92 Å². The summed E-state index contributed by atoms with van der Waals surface area (Å²) in [5.41, 5.74) is 3.22. The Balaban J connectivity index is 1.18. The van der Waals surface area contributed by atoms with Crippen molar-refractivity contribution in [2.75, 3.05) is 37.9 Å². The number of hydrogen-bond donors (Lipinski definition) is 4. The minimum atomic E-state index is -0.893. The molecule has 0 spiro atoms. The molecule has 4 N–H and O–H groups in total. The Labute approximate surface area is 287 Å². The Hall–Kier alpha value is -3.83. The van der Waals surface area contributed by atoms with Gasteiger partial charge >= 0.3 is 0 Å². The van der Waals surface area contributed by atoms with Crippen molar-refractivity contribution in [3.8, 4) is 11.5 Å². The number of amides is 2. The molecule has 3 aliphatic rings. The number of nitrogens with one attached hydrogen (secondary N) is 2. The molecule has 0 aromatic heterocycles. The molecular weight excluding hydrogens is 632 g/mol. The van der Waals surface area contributed by atoms with E-state index in [1.165, 1.54) is 0 Å². The first kappa shape index (κ1) is 34.0. The number of rotatable bonds is 10. The van der Waals surface area contributed by atoms with Crippen molar-refractivity contribution in [2.45, 2.75) is 69.9 Å². The molecule has 11 heteroatoms. The number of halogens is 1. The summed E-state index contributed by atoms with van der Waals surface area (Å²) in [7, 11) is 0. The Morgan fingerprint density at radius 3 is 2.48 bits per heavy atom. The third-order valence-corrected chi connectivity index (χ3v) is 9.58. The van der Waals surface area contributed by atoms with Crippen molar-refractivity contribution < 1.29 is 29.3 Å². The van der Waals surface area contributed by atoms with Crippen LogP contribution in [0.3, 0.4) is 0 Å². The Morgan fingerprint density at radius 1 is 1.02 bits per heavy atom. The average molecular weight is 677 g/mol. The molecule has 0 unspecified atom stereocenters. The second-order valence-electron chi connectivity index (χ2n) is 14.1. The standard InChI is InChI=1S/C37H45ClN4O6/c1-37(2,3)40-36(46)30-21-42(29-19-33-32(18-28(29)38)47-22-48-33)14-13-41(30)20-26(43)16-25(15-23-9-5-4-6-10-23)35(45)39-34-27-12-8-7-11-24(27)17-31(34)44/h4-12,18-19,25-26,30-31,34,43-44H,13-17,20-22H2,1-3H3,(H,39,45)(H,40,46)/t25-,26-,30-,31+,34-/m0/s1. The quantitative estimate of drug-likeness (QED) is 0.256. The molecule has 3 aromatic rings. The Morgan fingerprint density at radius 2 is 1.73 bits per heavy atom. The van der Waals surface area contributed by atoms with Crippen molar-refractivity contribution in [3.63, 3.8) is 0 Å². The summed E-state index contributed by atoms with van der Waals surface area (Å²) < 4.78 is 11.1. The fourth-order valence-electron chi connectivity index (χ4n) is 6.98. The normalized spacial score (nSPS) is 21.8. The van der Waals surface area contributed by atoms with Gasteiger partial charge in [-0.1, -0.05) is 66.2 Å². The number of piperazine rings is 1. The predicted molar refractivity (Wildman–Crippen MR) is 184 cm³/mol. The number of fused-ring (bicyclic) bond motifs is 2. The van der Waals surface area contributed by atoms with E-state index in [4.69, 9.17) is 21.1 Å². The fraction of sp³-hybridized carbons (Fsp3) is 0.459. The first-order valence-electron chi connectivity index (χ1n) is 16.6. The molecule has 256 valence electrons. The van der Waals surface area contributed by atoms with Gasteiger partial charge in [-0.25, -0.2) is 0 Å². The summed E-state index contributed by atoms with van der Waals surface area (Å²) >= 11 is 6.66. The van der Waals surface area contributed by atoms with Crippen LogP contribution in [0.5, 0.6) is 11.5 Å². The molecule has 0 radical (unpaired) electrons. The molecule has 1 fully saturated rings. The molecule has 48 heavy (non-hydrogen) atoms. The first-order valence-corrected chi connectivity index (χ1v) is 17.0. The highest BCUT2D eigenvalue weighted by Crippen LogP contribution is 2.41. The monoisotopic (exact) mass is 676 g/mol. The van der Waals surface area contributed by atoms with Gasteiger partial charge in [0, 0.05) is 56.2 Å². The van der Waals surface area contributed by atoms with Gasteiger partial charge in [-0.3, -0.25) is 14.5 Å². The highest BCUT2D eigenvalue weighted by Gasteiger charge is 2.38. The molecule has 1 saturated heterocycles. The van der Waals surface area contributed by atoms with Gasteiger partial charge in [-0.05, 0) is 50.3 Å². The molecule has 10 nitrogen and oxygen atoms in total. The number of hydrogen-bond acceptors (Lipinski definition) is 8. The number of carbonyl (C=O) groups excluding carboxylic acids is 2. The smallest absolute Gasteiger partial charge is 0.239 e. The Kier molecular flexibility index (Phi) is 10.2. The number of β-amino-alcohol motifs (C(OH)–C–C–N with tert-alkyl or cyclic N) is 1. The van der Waals surface area contributed by atoms with Crippen molar-refractivity contribution in [1.82, 2.24) is 15.5 Å². The van der Waals surface area contributed by atoms with E-state index in [0.717, 1.165) is 22.4 Å². The van der Waals surface area contributed by atoms with Crippen LogP contribution < -0.4 is 25.0 Å². The van der Waals surface area contributed by atoms with Gasteiger partial charge in [-0.2, -0.15) is 0 Å². The van der Waals surface area contributed by atoms with Crippen LogP contribution in [0.15, 0.2) is 66.7 Å². The molecule has 2 aliphatic heterocycles. The van der Waals surface area contributed by atoms with E-state index >= 15 is 0 Å². The van der Waals surface area contributed by atoms with Crippen molar-refractivity contribution in [3.05, 3.63) is 88.4 Å². The third kappa shape index (κ3) is 7.89. The zero-order valence-corrected chi connectivity index (χ0v) is 28.5. The highest BCUT2D eigenvalue weighted by atomic mass is 35.5. The van der Waals surface area contributed by atoms with Crippen LogP contribution >= 0.6 is 11.6 Å². The SMILES string of the molecule is CC(C)(C)NC(=O)[C@@H]1CN(c2cc3c(cc2Cl)OCO3)CCN1C[C@@H](O)C[C@H](Cc1ccccc1)C(=O)N[C@H]1c2ccccc2C[C@H]1O. The number of nitrogens with zero attached hydrogens (tertiary/aromatic N) is 2. The molecule has 2 heterocycles. The van der Waals surface area contributed by atoms with E-state index in [1.54, 1.807) is 6.07 Å². The average Bonchev–Trinajstić information content (AvgIpc) is 3.63. The van der Waals surface area contributed by atoms with Crippen molar-refractivity contribution >= 4 is 29.1 Å². The fourth-order valence-corrected chi connectivity index (χ4v) is 7.26. The number of aliphatic hydroxyl groups excluding tert-OH is 2. The van der Waals surface area contributed by atoms with Crippen molar-refractivity contribution in [1.29, 1.82) is 0 Å². The predicted octanol–water partition coefficient (Wildman–Crippen LogP) is 3.86. The minimum absolute atomic E-state index is 0.134.